The standard InChI is InChI=1S/C19H23NO2/c1-10-5-12-7-16-18(10)20(9-12)11(2)6-15-14-8-13(21)3-4-17(14)22-19(15)16/h3-4,8,10-12,16,18,21H,5-7,9H2,1-2H3/t10-,11+,12-,16+,18?/m0/s1. The van der Waals surface area contributed by atoms with Gasteiger partial charge in [-0.2, -0.15) is 0 Å². The van der Waals surface area contributed by atoms with Crippen molar-refractivity contribution in [2.45, 2.75) is 51.1 Å². The summed E-state index contributed by atoms with van der Waals surface area (Å²) >= 11 is 0. The van der Waals surface area contributed by atoms with Gasteiger partial charge in [0.1, 0.15) is 17.1 Å². The van der Waals surface area contributed by atoms with Crippen LogP contribution in [-0.2, 0) is 6.42 Å². The lowest BCUT2D eigenvalue weighted by Gasteiger charge is -2.53. The molecule has 1 aromatic heterocycles. The van der Waals surface area contributed by atoms with Crippen LogP contribution in [-0.4, -0.2) is 28.6 Å². The third-order valence-electron chi connectivity index (χ3n) is 6.35. The van der Waals surface area contributed by atoms with E-state index < -0.39 is 0 Å². The van der Waals surface area contributed by atoms with E-state index in [1.165, 1.54) is 30.7 Å². The zero-order valence-electron chi connectivity index (χ0n) is 13.2. The molecule has 22 heavy (non-hydrogen) atoms. The maximum Gasteiger partial charge on any atom is 0.134 e. The fourth-order valence-corrected chi connectivity index (χ4v) is 5.60. The average Bonchev–Trinajstić information content (AvgIpc) is 2.81. The van der Waals surface area contributed by atoms with Gasteiger partial charge in [-0.15, -0.1) is 0 Å². The zero-order chi connectivity index (χ0) is 15.0. The van der Waals surface area contributed by atoms with E-state index in [1.54, 1.807) is 6.07 Å². The molecule has 3 heteroatoms. The van der Waals surface area contributed by atoms with Gasteiger partial charge in [0.05, 0.1) is 0 Å². The van der Waals surface area contributed by atoms with Gasteiger partial charge in [0.15, 0.2) is 0 Å². The summed E-state index contributed by atoms with van der Waals surface area (Å²) in [5.74, 6) is 3.67. The number of phenolic OH excluding ortho intramolecular Hbond substituents is 1. The van der Waals surface area contributed by atoms with Crippen LogP contribution >= 0.6 is 0 Å². The minimum absolute atomic E-state index is 0.339. The lowest BCUT2D eigenvalue weighted by Crippen LogP contribution is -2.58. The molecule has 3 aliphatic heterocycles. The molecule has 116 valence electrons. The molecule has 4 aliphatic rings. The molecule has 1 N–H and O–H groups in total. The topological polar surface area (TPSA) is 36.6 Å². The van der Waals surface area contributed by atoms with Gasteiger partial charge in [-0.3, -0.25) is 4.90 Å². The molecule has 1 saturated carbocycles. The first kappa shape index (κ1) is 13.0. The van der Waals surface area contributed by atoms with E-state index >= 15 is 0 Å². The molecule has 4 bridgehead atoms. The SMILES string of the molecule is C[C@@H]1Cc2c(oc3ccc(O)cc23)[C@@H]2C[C@@H]3C[C@H](C)C2N1C3. The van der Waals surface area contributed by atoms with Crippen LogP contribution in [0.5, 0.6) is 5.75 Å². The average molecular weight is 297 g/mol. The summed E-state index contributed by atoms with van der Waals surface area (Å²) in [6.45, 7) is 6.05. The van der Waals surface area contributed by atoms with Gasteiger partial charge in [0.25, 0.3) is 0 Å². The van der Waals surface area contributed by atoms with E-state index in [2.05, 4.69) is 18.7 Å². The van der Waals surface area contributed by atoms with Gasteiger partial charge in [-0.05, 0) is 56.2 Å². The van der Waals surface area contributed by atoms with Crippen molar-refractivity contribution in [1.82, 2.24) is 4.90 Å². The second-order valence-electron chi connectivity index (χ2n) is 7.79. The fraction of sp³-hybridized carbons (Fsp3) is 0.579. The fourth-order valence-electron chi connectivity index (χ4n) is 5.60. The maximum absolute atomic E-state index is 9.87. The van der Waals surface area contributed by atoms with Crippen LogP contribution in [0.15, 0.2) is 22.6 Å². The van der Waals surface area contributed by atoms with Crippen LogP contribution in [0.25, 0.3) is 11.0 Å². The smallest absolute Gasteiger partial charge is 0.134 e. The normalized spacial score (nSPS) is 39.7. The van der Waals surface area contributed by atoms with E-state index in [1.807, 2.05) is 12.1 Å². The molecule has 6 atom stereocenters. The number of furan rings is 1. The molecule has 0 spiro atoms. The maximum atomic E-state index is 9.87. The second kappa shape index (κ2) is 4.29. The number of hydrogen-bond acceptors (Lipinski definition) is 3. The first-order valence-electron chi connectivity index (χ1n) is 8.62. The molecular weight excluding hydrogens is 274 g/mol. The molecule has 4 heterocycles. The van der Waals surface area contributed by atoms with Gasteiger partial charge in [-0.25, -0.2) is 0 Å². The summed E-state index contributed by atoms with van der Waals surface area (Å²) < 4.78 is 6.32. The number of aromatic hydroxyl groups is 1. The Morgan fingerprint density at radius 2 is 2.09 bits per heavy atom. The Morgan fingerprint density at radius 3 is 2.91 bits per heavy atom. The van der Waals surface area contributed by atoms with E-state index in [-0.39, 0.29) is 0 Å². The Morgan fingerprint density at radius 1 is 1.23 bits per heavy atom. The Hall–Kier alpha value is -1.48. The second-order valence-corrected chi connectivity index (χ2v) is 7.79. The number of benzene rings is 1. The van der Waals surface area contributed by atoms with E-state index in [0.717, 1.165) is 29.2 Å². The third kappa shape index (κ3) is 1.60. The summed E-state index contributed by atoms with van der Waals surface area (Å²) in [5.41, 5.74) is 2.29. The van der Waals surface area contributed by atoms with Gasteiger partial charge >= 0.3 is 0 Å². The first-order valence-corrected chi connectivity index (χ1v) is 8.62. The van der Waals surface area contributed by atoms with Gasteiger partial charge < -0.3 is 9.52 Å². The van der Waals surface area contributed by atoms with Crippen molar-refractivity contribution < 1.29 is 9.52 Å². The summed E-state index contributed by atoms with van der Waals surface area (Å²) in [6.07, 6.45) is 3.69. The Labute approximate surface area is 130 Å². The Kier molecular flexibility index (Phi) is 2.53. The first-order chi connectivity index (χ1) is 10.6. The van der Waals surface area contributed by atoms with Gasteiger partial charge in [-0.1, -0.05) is 6.92 Å². The summed E-state index contributed by atoms with van der Waals surface area (Å²) in [6, 6.07) is 6.73. The van der Waals surface area contributed by atoms with Crippen LogP contribution in [0.4, 0.5) is 0 Å². The van der Waals surface area contributed by atoms with E-state index in [0.29, 0.717) is 23.8 Å². The van der Waals surface area contributed by atoms with Gasteiger partial charge in [0, 0.05) is 35.5 Å². The lowest BCUT2D eigenvalue weighted by molar-refractivity contribution is -0.0313. The van der Waals surface area contributed by atoms with Gasteiger partial charge in [0.2, 0.25) is 0 Å². The molecule has 1 aromatic carbocycles. The van der Waals surface area contributed by atoms with Crippen LogP contribution in [0, 0.1) is 11.8 Å². The van der Waals surface area contributed by atoms with Crippen molar-refractivity contribution in [3.8, 4) is 5.75 Å². The van der Waals surface area contributed by atoms with Crippen LogP contribution in [0.1, 0.15) is 43.9 Å². The largest absolute Gasteiger partial charge is 0.508 e. The molecule has 3 nitrogen and oxygen atoms in total. The van der Waals surface area contributed by atoms with Crippen molar-refractivity contribution >= 4 is 11.0 Å². The van der Waals surface area contributed by atoms with E-state index in [9.17, 15) is 5.11 Å². The molecule has 6 rings (SSSR count). The Bertz CT molecular complexity index is 749. The molecular formula is C19H23NO2. The number of rotatable bonds is 0. The number of hydrogen-bond donors (Lipinski definition) is 1. The predicted octanol–water partition coefficient (Wildman–Crippen LogP) is 3.90. The molecule has 0 radical (unpaired) electrons. The molecule has 2 saturated heterocycles. The quantitative estimate of drug-likeness (QED) is 0.801. The monoisotopic (exact) mass is 297 g/mol. The lowest BCUT2D eigenvalue weighted by atomic mass is 9.67. The van der Waals surface area contributed by atoms with Crippen molar-refractivity contribution in [2.75, 3.05) is 6.54 Å². The zero-order valence-corrected chi connectivity index (χ0v) is 13.2. The molecule has 1 aliphatic carbocycles. The van der Waals surface area contributed by atoms with Crippen LogP contribution in [0.3, 0.4) is 0 Å². The third-order valence-corrected chi connectivity index (χ3v) is 6.35. The number of nitrogens with zero attached hydrogens (tertiary/aromatic N) is 1. The Balaban J connectivity index is 1.74. The minimum Gasteiger partial charge on any atom is -0.508 e. The summed E-state index contributed by atoms with van der Waals surface area (Å²) in [4.78, 5) is 2.75. The highest BCUT2D eigenvalue weighted by Crippen LogP contribution is 2.52. The van der Waals surface area contributed by atoms with E-state index in [4.69, 9.17) is 4.42 Å². The highest BCUT2D eigenvalue weighted by molar-refractivity contribution is 5.84. The minimum atomic E-state index is 0.339. The van der Waals surface area contributed by atoms with Crippen LogP contribution < -0.4 is 0 Å². The highest BCUT2D eigenvalue weighted by atomic mass is 16.3. The summed E-state index contributed by atoms with van der Waals surface area (Å²) in [7, 11) is 0. The highest BCUT2D eigenvalue weighted by Gasteiger charge is 2.50. The molecule has 2 unspecified atom stereocenters. The molecule has 2 aromatic rings. The van der Waals surface area contributed by atoms with Crippen molar-refractivity contribution in [3.05, 3.63) is 29.5 Å². The number of phenols is 1. The predicted molar refractivity (Wildman–Crippen MR) is 86.2 cm³/mol. The van der Waals surface area contributed by atoms with Crippen molar-refractivity contribution in [1.29, 1.82) is 0 Å². The summed E-state index contributed by atoms with van der Waals surface area (Å²) in [5, 5.41) is 11.0. The van der Waals surface area contributed by atoms with Crippen LogP contribution in [0.2, 0.25) is 0 Å². The molecule has 3 fully saturated rings. The number of fused-ring (bicyclic) bond motifs is 4. The van der Waals surface area contributed by atoms with Crippen molar-refractivity contribution in [3.63, 3.8) is 0 Å². The van der Waals surface area contributed by atoms with Crippen molar-refractivity contribution in [2.24, 2.45) is 11.8 Å². The molecule has 0 amide bonds. The number of piperidine rings is 2.